The van der Waals surface area contributed by atoms with Crippen LogP contribution in [0.3, 0.4) is 0 Å². The van der Waals surface area contributed by atoms with Gasteiger partial charge in [0.25, 0.3) is 0 Å². The monoisotopic (exact) mass is 276 g/mol. The van der Waals surface area contributed by atoms with E-state index in [-0.39, 0.29) is 0 Å². The maximum Gasteiger partial charge on any atom is 0.108 e. The minimum atomic E-state index is -0.517. The van der Waals surface area contributed by atoms with Crippen molar-refractivity contribution in [3.63, 3.8) is 0 Å². The summed E-state index contributed by atoms with van der Waals surface area (Å²) in [6.45, 7) is 4.47. The summed E-state index contributed by atoms with van der Waals surface area (Å²) in [7, 11) is 1.75. The Hall–Kier alpha value is -0.860. The summed E-state index contributed by atoms with van der Waals surface area (Å²) in [5.74, 6) is 0.747. The molecular formula is C18H28O2. The maximum atomic E-state index is 10.8. The third-order valence-electron chi connectivity index (χ3n) is 4.83. The highest BCUT2D eigenvalue weighted by Crippen LogP contribution is 2.42. The smallest absolute Gasteiger partial charge is 0.108 e. The first-order chi connectivity index (χ1) is 9.61. The highest BCUT2D eigenvalue weighted by molar-refractivity contribution is 5.27. The number of hydrogen-bond acceptors (Lipinski definition) is 2. The fraction of sp³-hybridized carbons (Fsp3) is 0.667. The zero-order valence-corrected chi connectivity index (χ0v) is 13.1. The van der Waals surface area contributed by atoms with Gasteiger partial charge in [0.05, 0.1) is 5.60 Å². The molecule has 2 nitrogen and oxygen atoms in total. The molecule has 1 atom stereocenters. The van der Waals surface area contributed by atoms with Gasteiger partial charge in [-0.05, 0) is 49.1 Å². The van der Waals surface area contributed by atoms with Gasteiger partial charge >= 0.3 is 0 Å². The van der Waals surface area contributed by atoms with Gasteiger partial charge in [0.2, 0.25) is 0 Å². The molecular weight excluding hydrogens is 248 g/mol. The van der Waals surface area contributed by atoms with E-state index in [1.807, 2.05) is 6.07 Å². The van der Waals surface area contributed by atoms with Crippen LogP contribution in [0.5, 0.6) is 0 Å². The third-order valence-corrected chi connectivity index (χ3v) is 4.83. The number of rotatable bonds is 5. The van der Waals surface area contributed by atoms with E-state index in [0.29, 0.717) is 0 Å². The van der Waals surface area contributed by atoms with Crippen molar-refractivity contribution >= 4 is 0 Å². The molecule has 0 heterocycles. The highest BCUT2D eigenvalue weighted by Gasteiger charge is 2.41. The molecule has 0 bridgehead atoms. The average Bonchev–Trinajstić information content (AvgIpc) is 2.48. The molecule has 1 fully saturated rings. The van der Waals surface area contributed by atoms with E-state index in [1.165, 1.54) is 5.56 Å². The first kappa shape index (κ1) is 15.5. The van der Waals surface area contributed by atoms with Gasteiger partial charge in [-0.1, -0.05) is 44.5 Å². The summed E-state index contributed by atoms with van der Waals surface area (Å²) < 4.78 is 5.79. The topological polar surface area (TPSA) is 29.5 Å². The van der Waals surface area contributed by atoms with E-state index in [4.69, 9.17) is 4.74 Å². The number of methoxy groups -OCH3 is 1. The summed E-state index contributed by atoms with van der Waals surface area (Å²) in [6.07, 6.45) is 5.86. The fourth-order valence-electron chi connectivity index (χ4n) is 3.35. The van der Waals surface area contributed by atoms with E-state index in [2.05, 4.69) is 32.0 Å². The summed E-state index contributed by atoms with van der Waals surface area (Å²) in [4.78, 5) is 0. The van der Waals surface area contributed by atoms with Gasteiger partial charge in [0.1, 0.15) is 6.10 Å². The van der Waals surface area contributed by atoms with Crippen molar-refractivity contribution in [2.24, 2.45) is 5.92 Å². The lowest BCUT2D eigenvalue weighted by atomic mass is 9.74. The Bertz CT molecular complexity index is 419. The van der Waals surface area contributed by atoms with Crippen LogP contribution in [-0.2, 0) is 11.2 Å². The molecule has 1 aliphatic carbocycles. The normalized spacial score (nSPS) is 28.3. The Morgan fingerprint density at radius 1 is 1.35 bits per heavy atom. The van der Waals surface area contributed by atoms with E-state index >= 15 is 0 Å². The zero-order chi connectivity index (χ0) is 14.6. The van der Waals surface area contributed by atoms with Crippen LogP contribution >= 0.6 is 0 Å². The van der Waals surface area contributed by atoms with Crippen molar-refractivity contribution in [1.82, 2.24) is 0 Å². The van der Waals surface area contributed by atoms with Crippen LogP contribution in [0.1, 0.15) is 63.2 Å². The number of hydrogen-bond donors (Lipinski definition) is 1. The molecule has 2 rings (SSSR count). The first-order valence-corrected chi connectivity index (χ1v) is 7.93. The van der Waals surface area contributed by atoms with Gasteiger partial charge in [0.15, 0.2) is 0 Å². The van der Waals surface area contributed by atoms with Gasteiger partial charge in [-0.15, -0.1) is 0 Å². The molecule has 1 unspecified atom stereocenters. The van der Waals surface area contributed by atoms with Crippen LogP contribution in [0.2, 0.25) is 0 Å². The van der Waals surface area contributed by atoms with Crippen LogP contribution in [-0.4, -0.2) is 17.8 Å². The Balaban J connectivity index is 2.19. The Kier molecular flexibility index (Phi) is 5.22. The van der Waals surface area contributed by atoms with Gasteiger partial charge < -0.3 is 9.84 Å². The minimum Gasteiger partial charge on any atom is -0.385 e. The van der Waals surface area contributed by atoms with E-state index in [1.54, 1.807) is 7.11 Å². The third kappa shape index (κ3) is 3.24. The van der Waals surface area contributed by atoms with Crippen LogP contribution in [0.4, 0.5) is 0 Å². The van der Waals surface area contributed by atoms with Crippen molar-refractivity contribution in [1.29, 1.82) is 0 Å². The molecule has 112 valence electrons. The molecule has 0 saturated heterocycles. The number of aliphatic hydroxyl groups excluding tert-OH is 1. The van der Waals surface area contributed by atoms with Gasteiger partial charge in [0, 0.05) is 7.11 Å². The minimum absolute atomic E-state index is 0.392. The predicted molar refractivity (Wildman–Crippen MR) is 82.8 cm³/mol. The standard InChI is InChI=1S/C18H28O2/c1-4-6-15-7-5-8-16(13-15)17(19)18(20-3)11-9-14(2)10-12-18/h5,7-8,13-14,17,19H,4,6,9-12H2,1-3H3. The lowest BCUT2D eigenvalue weighted by Crippen LogP contribution is -2.41. The number of aliphatic hydroxyl groups is 1. The maximum absolute atomic E-state index is 10.8. The van der Waals surface area contributed by atoms with Crippen molar-refractivity contribution in [3.8, 4) is 0 Å². The van der Waals surface area contributed by atoms with E-state index < -0.39 is 11.7 Å². The fourth-order valence-corrected chi connectivity index (χ4v) is 3.35. The molecule has 2 heteroatoms. The second-order valence-corrected chi connectivity index (χ2v) is 6.35. The Morgan fingerprint density at radius 2 is 2.05 bits per heavy atom. The molecule has 1 N–H and O–H groups in total. The zero-order valence-electron chi connectivity index (χ0n) is 13.1. The molecule has 1 aliphatic rings. The molecule has 1 aromatic carbocycles. The van der Waals surface area contributed by atoms with Crippen LogP contribution in [0, 0.1) is 5.92 Å². The van der Waals surface area contributed by atoms with Gasteiger partial charge in [-0.2, -0.15) is 0 Å². The molecule has 0 spiro atoms. The number of aryl methyl sites for hydroxylation is 1. The van der Waals surface area contributed by atoms with Crippen LogP contribution < -0.4 is 0 Å². The number of benzene rings is 1. The molecule has 0 aromatic heterocycles. The largest absolute Gasteiger partial charge is 0.385 e. The highest BCUT2D eigenvalue weighted by atomic mass is 16.5. The SMILES string of the molecule is CCCc1cccc(C(O)C2(OC)CCC(C)CC2)c1. The van der Waals surface area contributed by atoms with Crippen molar-refractivity contribution < 1.29 is 9.84 Å². The van der Waals surface area contributed by atoms with Crippen LogP contribution in [0.15, 0.2) is 24.3 Å². The Labute approximate surface area is 123 Å². The molecule has 0 amide bonds. The Morgan fingerprint density at radius 3 is 2.65 bits per heavy atom. The second-order valence-electron chi connectivity index (χ2n) is 6.35. The summed E-state index contributed by atoms with van der Waals surface area (Å²) in [6, 6.07) is 8.37. The molecule has 1 saturated carbocycles. The quantitative estimate of drug-likeness (QED) is 0.870. The first-order valence-electron chi connectivity index (χ1n) is 7.93. The lowest BCUT2D eigenvalue weighted by molar-refractivity contribution is -0.130. The van der Waals surface area contributed by atoms with Crippen molar-refractivity contribution in [2.75, 3.05) is 7.11 Å². The van der Waals surface area contributed by atoms with Gasteiger partial charge in [-0.3, -0.25) is 0 Å². The predicted octanol–water partition coefficient (Wildman–Crippen LogP) is 4.27. The van der Waals surface area contributed by atoms with Crippen molar-refractivity contribution in [2.45, 2.75) is 64.1 Å². The van der Waals surface area contributed by atoms with E-state index in [9.17, 15) is 5.11 Å². The van der Waals surface area contributed by atoms with Crippen molar-refractivity contribution in [3.05, 3.63) is 35.4 Å². The lowest BCUT2D eigenvalue weighted by Gasteiger charge is -2.42. The van der Waals surface area contributed by atoms with Crippen LogP contribution in [0.25, 0.3) is 0 Å². The van der Waals surface area contributed by atoms with E-state index in [0.717, 1.165) is 50.0 Å². The summed E-state index contributed by atoms with van der Waals surface area (Å²) in [5, 5.41) is 10.8. The second kappa shape index (κ2) is 6.73. The molecule has 20 heavy (non-hydrogen) atoms. The van der Waals surface area contributed by atoms with Gasteiger partial charge in [-0.25, -0.2) is 0 Å². The average molecular weight is 276 g/mol. The number of ether oxygens (including phenoxy) is 1. The summed E-state index contributed by atoms with van der Waals surface area (Å²) >= 11 is 0. The molecule has 0 radical (unpaired) electrons. The molecule has 0 aliphatic heterocycles. The molecule has 1 aromatic rings. The summed E-state index contributed by atoms with van der Waals surface area (Å²) in [5.41, 5.74) is 1.92.